The summed E-state index contributed by atoms with van der Waals surface area (Å²) < 4.78 is 11.0. The molecule has 0 spiro atoms. The summed E-state index contributed by atoms with van der Waals surface area (Å²) in [5, 5.41) is 4.77. The van der Waals surface area contributed by atoms with Gasteiger partial charge in [-0.1, -0.05) is 36.4 Å². The molecular weight excluding hydrogens is 480 g/mol. The molecule has 5 nitrogen and oxygen atoms in total. The van der Waals surface area contributed by atoms with E-state index in [2.05, 4.69) is 116 Å². The van der Waals surface area contributed by atoms with Crippen molar-refractivity contribution in [2.24, 2.45) is 0 Å². The van der Waals surface area contributed by atoms with Gasteiger partial charge in [-0.25, -0.2) is 0 Å². The Morgan fingerprint density at radius 1 is 0.538 bits per heavy atom. The molecule has 0 N–H and O–H groups in total. The van der Waals surface area contributed by atoms with Crippen molar-refractivity contribution in [2.45, 2.75) is 12.8 Å². The number of rotatable bonds is 4. The van der Waals surface area contributed by atoms with Crippen molar-refractivity contribution in [2.75, 3.05) is 0 Å². The first-order valence-electron chi connectivity index (χ1n) is 13.2. The molecule has 0 saturated heterocycles. The lowest BCUT2D eigenvalue weighted by molar-refractivity contribution is 0.403. The van der Waals surface area contributed by atoms with Gasteiger partial charge < -0.3 is 13.9 Å². The highest BCUT2D eigenvalue weighted by Crippen LogP contribution is 2.35. The van der Waals surface area contributed by atoms with Gasteiger partial charge >= 0.3 is 0 Å². The van der Waals surface area contributed by atoms with Crippen LogP contribution in [0.2, 0.25) is 0 Å². The largest absolute Gasteiger partial charge is 0.462 e. The summed E-state index contributed by atoms with van der Waals surface area (Å²) >= 11 is 0. The molecule has 0 unspecified atom stereocenters. The van der Waals surface area contributed by atoms with E-state index in [1.165, 1.54) is 38.4 Å². The van der Waals surface area contributed by atoms with Crippen LogP contribution in [0.4, 0.5) is 0 Å². The minimum atomic E-state index is 0.840. The molecule has 8 rings (SSSR count). The second-order valence-electron chi connectivity index (χ2n) is 9.88. The maximum absolute atomic E-state index is 6.32. The third-order valence-corrected chi connectivity index (χ3v) is 7.67. The highest BCUT2D eigenvalue weighted by atomic mass is 16.5. The van der Waals surface area contributed by atoms with E-state index in [0.717, 1.165) is 40.9 Å². The molecule has 4 aromatic heterocycles. The Hall–Kier alpha value is -5.16. The monoisotopic (exact) mass is 504 g/mol. The first-order chi connectivity index (χ1) is 19.3. The molecule has 0 amide bonds. The summed E-state index contributed by atoms with van der Waals surface area (Å²) in [6.45, 7) is 0. The van der Waals surface area contributed by atoms with E-state index in [1.807, 2.05) is 24.8 Å². The molecule has 0 bridgehead atoms. The number of pyridine rings is 2. The van der Waals surface area contributed by atoms with Gasteiger partial charge in [-0.3, -0.25) is 9.97 Å². The molecule has 5 heteroatoms. The minimum Gasteiger partial charge on any atom is -0.462 e. The van der Waals surface area contributed by atoms with Crippen LogP contribution in [-0.2, 0) is 0 Å². The van der Waals surface area contributed by atoms with Gasteiger partial charge in [-0.2, -0.15) is 0 Å². The first-order valence-corrected chi connectivity index (χ1v) is 13.2. The van der Waals surface area contributed by atoms with E-state index in [0.29, 0.717) is 0 Å². The number of fused-ring (bicyclic) bond motifs is 6. The average molecular weight is 505 g/mol. The summed E-state index contributed by atoms with van der Waals surface area (Å²) in [4.78, 5) is 8.72. The van der Waals surface area contributed by atoms with Crippen molar-refractivity contribution < 1.29 is 4.74 Å². The highest BCUT2D eigenvalue weighted by Gasteiger charge is 2.17. The second kappa shape index (κ2) is 8.71. The fourth-order valence-corrected chi connectivity index (χ4v) is 5.91. The molecular formula is C34H24N4O. The van der Waals surface area contributed by atoms with Crippen LogP contribution in [0.5, 0.6) is 5.75 Å². The van der Waals surface area contributed by atoms with Crippen LogP contribution >= 0.6 is 0 Å². The minimum absolute atomic E-state index is 0.840. The van der Waals surface area contributed by atoms with E-state index in [-0.39, 0.29) is 0 Å². The number of para-hydroxylation sites is 2. The van der Waals surface area contributed by atoms with Crippen LogP contribution in [0.1, 0.15) is 12.8 Å². The predicted molar refractivity (Wildman–Crippen MR) is 158 cm³/mol. The van der Waals surface area contributed by atoms with Crippen LogP contribution in [0.25, 0.3) is 55.0 Å². The number of allylic oxidation sites excluding steroid dienone is 4. The van der Waals surface area contributed by atoms with Crippen LogP contribution in [-0.4, -0.2) is 19.1 Å². The predicted octanol–water partition coefficient (Wildman–Crippen LogP) is 8.28. The van der Waals surface area contributed by atoms with Gasteiger partial charge in [0, 0.05) is 64.1 Å². The third kappa shape index (κ3) is 3.47. The molecule has 0 saturated carbocycles. The summed E-state index contributed by atoms with van der Waals surface area (Å²) in [5.41, 5.74) is 7.07. The first kappa shape index (κ1) is 21.9. The Kier molecular flexibility index (Phi) is 4.88. The number of ether oxygens (including phenoxy) is 1. The lowest BCUT2D eigenvalue weighted by atomic mass is 10.1. The SMILES string of the molecule is C1=C(Oc2ccc(-n3c4ccccc4c4cnccc43)cc2)CCC(n2c3ccccc3c3cnccc32)=C1. The van der Waals surface area contributed by atoms with Gasteiger partial charge in [0.05, 0.1) is 22.1 Å². The van der Waals surface area contributed by atoms with Gasteiger partial charge in [-0.05, 0) is 67.1 Å². The number of nitrogens with zero attached hydrogens (tertiary/aromatic N) is 4. The number of hydrogen-bond acceptors (Lipinski definition) is 3. The smallest absolute Gasteiger partial charge is 0.127 e. The quantitative estimate of drug-likeness (QED) is 0.242. The summed E-state index contributed by atoms with van der Waals surface area (Å²) in [5.74, 6) is 1.81. The molecule has 0 atom stereocenters. The second-order valence-corrected chi connectivity index (χ2v) is 9.88. The third-order valence-electron chi connectivity index (χ3n) is 7.67. The summed E-state index contributed by atoms with van der Waals surface area (Å²) in [6, 6.07) is 29.5. The van der Waals surface area contributed by atoms with Gasteiger partial charge in [-0.15, -0.1) is 0 Å². The van der Waals surface area contributed by atoms with Crippen molar-refractivity contribution in [3.63, 3.8) is 0 Å². The topological polar surface area (TPSA) is 44.9 Å². The summed E-state index contributed by atoms with van der Waals surface area (Å²) in [6.07, 6.45) is 13.7. The van der Waals surface area contributed by atoms with E-state index >= 15 is 0 Å². The maximum atomic E-state index is 6.32. The molecule has 7 aromatic rings. The molecule has 4 heterocycles. The van der Waals surface area contributed by atoms with Crippen LogP contribution in [0.3, 0.4) is 0 Å². The number of aromatic nitrogens is 4. The van der Waals surface area contributed by atoms with Crippen molar-refractivity contribution in [1.82, 2.24) is 19.1 Å². The number of benzene rings is 3. The Bertz CT molecular complexity index is 1990. The van der Waals surface area contributed by atoms with E-state index in [4.69, 9.17) is 4.74 Å². The van der Waals surface area contributed by atoms with Gasteiger partial charge in [0.2, 0.25) is 0 Å². The Morgan fingerprint density at radius 2 is 1.13 bits per heavy atom. The van der Waals surface area contributed by atoms with Crippen LogP contribution in [0.15, 0.2) is 128 Å². The lowest BCUT2D eigenvalue weighted by Crippen LogP contribution is -2.04. The van der Waals surface area contributed by atoms with Gasteiger partial charge in [0.25, 0.3) is 0 Å². The zero-order valence-corrected chi connectivity index (χ0v) is 21.2. The lowest BCUT2D eigenvalue weighted by Gasteiger charge is -2.18. The Morgan fingerprint density at radius 3 is 1.77 bits per heavy atom. The number of hydrogen-bond donors (Lipinski definition) is 0. The van der Waals surface area contributed by atoms with Crippen molar-refractivity contribution >= 4 is 49.3 Å². The Labute approximate surface area is 224 Å². The van der Waals surface area contributed by atoms with E-state index in [9.17, 15) is 0 Å². The fourth-order valence-electron chi connectivity index (χ4n) is 5.91. The van der Waals surface area contributed by atoms with Crippen molar-refractivity contribution in [1.29, 1.82) is 0 Å². The zero-order valence-electron chi connectivity index (χ0n) is 21.2. The molecule has 1 aliphatic rings. The van der Waals surface area contributed by atoms with Gasteiger partial charge in [0.15, 0.2) is 0 Å². The molecule has 0 fully saturated rings. The standard InChI is InChI=1S/C34H24N4O/c1-3-7-31-27(5-1)29-21-35-19-17-33(29)37(31)23-9-13-25(14-10-23)39-26-15-11-24(12-16-26)38-32-8-4-2-6-28(32)30-22-36-20-18-34(30)38/h1-11,13-15,17-22H,12,16H2. The summed E-state index contributed by atoms with van der Waals surface area (Å²) in [7, 11) is 0. The van der Waals surface area contributed by atoms with Gasteiger partial charge in [0.1, 0.15) is 11.5 Å². The van der Waals surface area contributed by atoms with E-state index < -0.39 is 0 Å². The fraction of sp³-hybridized carbons (Fsp3) is 0.0588. The Balaban J connectivity index is 1.11. The van der Waals surface area contributed by atoms with Crippen LogP contribution < -0.4 is 4.74 Å². The normalized spacial score (nSPS) is 13.7. The van der Waals surface area contributed by atoms with E-state index in [1.54, 1.807) is 0 Å². The molecule has 3 aromatic carbocycles. The maximum Gasteiger partial charge on any atom is 0.127 e. The highest BCUT2D eigenvalue weighted by molar-refractivity contribution is 6.10. The van der Waals surface area contributed by atoms with Crippen molar-refractivity contribution in [3.8, 4) is 11.4 Å². The zero-order chi connectivity index (χ0) is 25.8. The molecule has 0 radical (unpaired) electrons. The molecule has 186 valence electrons. The van der Waals surface area contributed by atoms with Crippen molar-refractivity contribution in [3.05, 3.63) is 128 Å². The molecule has 1 aliphatic carbocycles. The van der Waals surface area contributed by atoms with Crippen LogP contribution in [0, 0.1) is 0 Å². The molecule has 0 aliphatic heterocycles. The molecule has 39 heavy (non-hydrogen) atoms. The average Bonchev–Trinajstić information content (AvgIpc) is 3.51.